The lowest BCUT2D eigenvalue weighted by Gasteiger charge is -1.97. The number of primary amides is 1. The molecule has 0 bridgehead atoms. The molecule has 1 atom stereocenters. The van der Waals surface area contributed by atoms with E-state index in [1.165, 1.54) is 0 Å². The highest BCUT2D eigenvalue weighted by Gasteiger charge is 2.16. The summed E-state index contributed by atoms with van der Waals surface area (Å²) in [7, 11) is 0. The molecule has 0 aromatic carbocycles. The van der Waals surface area contributed by atoms with E-state index in [0.717, 1.165) is 0 Å². The Bertz CT molecular complexity index is 169. The van der Waals surface area contributed by atoms with Gasteiger partial charge in [0.25, 0.3) is 0 Å². The molecule has 0 spiro atoms. The first-order valence-corrected chi connectivity index (χ1v) is 2.48. The first-order valence-electron chi connectivity index (χ1n) is 2.08. The van der Waals surface area contributed by atoms with Gasteiger partial charge in [-0.3, -0.25) is 4.79 Å². The average Bonchev–Trinajstić information content (AvgIpc) is 1.64. The molecule has 1 amide bonds. The van der Waals surface area contributed by atoms with E-state index in [2.05, 4.69) is 12.2 Å². The highest BCUT2D eigenvalue weighted by atomic mass is 32.1. The minimum absolute atomic E-state index is 0.176. The molecule has 5 heteroatoms. The molecule has 1 unspecified atom stereocenters. The topological polar surface area (TPSA) is 92.9 Å². The van der Waals surface area contributed by atoms with Gasteiger partial charge in [-0.1, -0.05) is 12.2 Å². The number of amides is 1. The van der Waals surface area contributed by atoms with Gasteiger partial charge in [0.1, 0.15) is 0 Å². The smallest absolute Gasteiger partial charge is 0.241 e. The number of carbonyl (C=O) groups excluding carboxylic acids is 1. The standard InChI is InChI=1S/C4H5N3OS/c5-1-2(3(6)8)4(7)9/h2H,(H2,6,8)(H2,7,9). The maximum Gasteiger partial charge on any atom is 0.241 e. The Hall–Kier alpha value is -1.15. The van der Waals surface area contributed by atoms with Crippen LogP contribution in [0.15, 0.2) is 0 Å². The van der Waals surface area contributed by atoms with E-state index >= 15 is 0 Å². The van der Waals surface area contributed by atoms with Crippen molar-refractivity contribution in [2.75, 3.05) is 0 Å². The Morgan fingerprint density at radius 2 is 2.11 bits per heavy atom. The van der Waals surface area contributed by atoms with Gasteiger partial charge < -0.3 is 11.5 Å². The quantitative estimate of drug-likeness (QED) is 0.480. The number of thiocarbonyl (C=S) groups is 1. The van der Waals surface area contributed by atoms with Crippen LogP contribution < -0.4 is 11.5 Å². The molecular weight excluding hydrogens is 138 g/mol. The summed E-state index contributed by atoms with van der Waals surface area (Å²) in [6.07, 6.45) is 0. The van der Waals surface area contributed by atoms with Gasteiger partial charge in [0.05, 0.1) is 11.1 Å². The summed E-state index contributed by atoms with van der Waals surface area (Å²) in [5.74, 6) is -1.93. The van der Waals surface area contributed by atoms with Crippen LogP contribution in [0.5, 0.6) is 0 Å². The number of nitrogens with zero attached hydrogens (tertiary/aromatic N) is 1. The molecule has 0 radical (unpaired) electrons. The van der Waals surface area contributed by atoms with Crippen LogP contribution >= 0.6 is 12.2 Å². The summed E-state index contributed by atoms with van der Waals surface area (Å²) in [5.41, 5.74) is 9.68. The second-order valence-electron chi connectivity index (χ2n) is 1.37. The average molecular weight is 143 g/mol. The molecule has 0 aliphatic heterocycles. The fourth-order valence-electron chi connectivity index (χ4n) is 0.267. The molecule has 0 aliphatic rings. The molecule has 0 saturated carbocycles. The van der Waals surface area contributed by atoms with E-state index in [1.54, 1.807) is 6.07 Å². The van der Waals surface area contributed by atoms with Gasteiger partial charge in [-0.15, -0.1) is 0 Å². The summed E-state index contributed by atoms with van der Waals surface area (Å²) in [6.45, 7) is 0. The van der Waals surface area contributed by atoms with Crippen molar-refractivity contribution in [3.05, 3.63) is 0 Å². The Kier molecular flexibility index (Phi) is 2.61. The van der Waals surface area contributed by atoms with Crippen molar-refractivity contribution in [1.82, 2.24) is 0 Å². The Labute approximate surface area is 57.4 Å². The maximum atomic E-state index is 10.2. The van der Waals surface area contributed by atoms with Crippen molar-refractivity contribution in [3.8, 4) is 6.07 Å². The van der Waals surface area contributed by atoms with Crippen LogP contribution in [-0.2, 0) is 4.79 Å². The molecule has 4 nitrogen and oxygen atoms in total. The van der Waals surface area contributed by atoms with Gasteiger partial charge in [-0.05, 0) is 0 Å². The monoisotopic (exact) mass is 143 g/mol. The lowest BCUT2D eigenvalue weighted by molar-refractivity contribution is -0.118. The molecule has 0 aromatic rings. The second-order valence-corrected chi connectivity index (χ2v) is 1.84. The number of hydrogen-bond acceptors (Lipinski definition) is 3. The van der Waals surface area contributed by atoms with Crippen LogP contribution in [0.25, 0.3) is 0 Å². The molecular formula is C4H5N3OS. The van der Waals surface area contributed by atoms with Crippen molar-refractivity contribution in [2.24, 2.45) is 17.4 Å². The van der Waals surface area contributed by atoms with Crippen LogP contribution in [0.1, 0.15) is 0 Å². The van der Waals surface area contributed by atoms with E-state index in [1.807, 2.05) is 0 Å². The predicted molar refractivity (Wildman–Crippen MR) is 35.1 cm³/mol. The molecule has 0 aliphatic carbocycles. The number of hydrogen-bond donors (Lipinski definition) is 2. The summed E-state index contributed by atoms with van der Waals surface area (Å²) in [5, 5.41) is 8.15. The molecule has 0 aromatic heterocycles. The van der Waals surface area contributed by atoms with Crippen molar-refractivity contribution < 1.29 is 4.79 Å². The number of rotatable bonds is 2. The molecule has 48 valence electrons. The van der Waals surface area contributed by atoms with E-state index in [0.29, 0.717) is 0 Å². The fraction of sp³-hybridized carbons (Fsp3) is 0.250. The molecule has 4 N–H and O–H groups in total. The SMILES string of the molecule is N#CC(C(N)=O)C(N)=S. The molecule has 0 rings (SSSR count). The second kappa shape index (κ2) is 2.99. The summed E-state index contributed by atoms with van der Waals surface area (Å²) in [4.78, 5) is 10.0. The highest BCUT2D eigenvalue weighted by Crippen LogP contribution is 1.91. The number of nitriles is 1. The third-order valence-corrected chi connectivity index (χ3v) is 0.934. The normalized spacial score (nSPS) is 11.4. The Balaban J connectivity index is 4.22. The highest BCUT2D eigenvalue weighted by molar-refractivity contribution is 7.80. The summed E-state index contributed by atoms with van der Waals surface area (Å²) in [6, 6.07) is 1.56. The van der Waals surface area contributed by atoms with Crippen molar-refractivity contribution in [2.45, 2.75) is 0 Å². The molecule has 0 heterocycles. The third-order valence-electron chi connectivity index (χ3n) is 0.698. The number of carbonyl (C=O) groups is 1. The van der Waals surface area contributed by atoms with Gasteiger partial charge in [-0.2, -0.15) is 5.26 Å². The van der Waals surface area contributed by atoms with Crippen LogP contribution in [0, 0.1) is 17.2 Å². The molecule has 9 heavy (non-hydrogen) atoms. The lowest BCUT2D eigenvalue weighted by atomic mass is 10.2. The zero-order valence-corrected chi connectivity index (χ0v) is 5.31. The summed E-state index contributed by atoms with van der Waals surface area (Å²) >= 11 is 4.35. The van der Waals surface area contributed by atoms with Crippen LogP contribution in [-0.4, -0.2) is 10.9 Å². The number of nitrogens with two attached hydrogens (primary N) is 2. The first kappa shape index (κ1) is 7.85. The third kappa shape index (κ3) is 2.06. The summed E-state index contributed by atoms with van der Waals surface area (Å²) < 4.78 is 0. The van der Waals surface area contributed by atoms with Crippen molar-refractivity contribution in [1.29, 1.82) is 5.26 Å². The van der Waals surface area contributed by atoms with Gasteiger partial charge in [0.2, 0.25) is 5.91 Å². The van der Waals surface area contributed by atoms with Crippen molar-refractivity contribution >= 4 is 23.1 Å². The minimum atomic E-state index is -1.13. The minimum Gasteiger partial charge on any atom is -0.392 e. The van der Waals surface area contributed by atoms with E-state index in [-0.39, 0.29) is 4.99 Å². The zero-order chi connectivity index (χ0) is 7.44. The van der Waals surface area contributed by atoms with Crippen molar-refractivity contribution in [3.63, 3.8) is 0 Å². The maximum absolute atomic E-state index is 10.2. The van der Waals surface area contributed by atoms with E-state index in [9.17, 15) is 4.79 Å². The predicted octanol–water partition coefficient (Wildman–Crippen LogP) is -1.10. The van der Waals surface area contributed by atoms with Crippen LogP contribution in [0.2, 0.25) is 0 Å². The Morgan fingerprint density at radius 1 is 1.67 bits per heavy atom. The van der Waals surface area contributed by atoms with Gasteiger partial charge in [0, 0.05) is 0 Å². The van der Waals surface area contributed by atoms with E-state index in [4.69, 9.17) is 16.7 Å². The van der Waals surface area contributed by atoms with Gasteiger partial charge in [0.15, 0.2) is 5.92 Å². The van der Waals surface area contributed by atoms with Crippen LogP contribution in [0.3, 0.4) is 0 Å². The van der Waals surface area contributed by atoms with Crippen LogP contribution in [0.4, 0.5) is 0 Å². The van der Waals surface area contributed by atoms with E-state index < -0.39 is 11.8 Å². The van der Waals surface area contributed by atoms with Gasteiger partial charge in [-0.25, -0.2) is 0 Å². The fourth-order valence-corrected chi connectivity index (χ4v) is 0.436. The Morgan fingerprint density at radius 3 is 2.11 bits per heavy atom. The lowest BCUT2D eigenvalue weighted by Crippen LogP contribution is -2.32. The molecule has 0 saturated heterocycles. The molecule has 0 fully saturated rings. The zero-order valence-electron chi connectivity index (χ0n) is 4.50. The first-order chi connectivity index (χ1) is 4.09. The largest absolute Gasteiger partial charge is 0.392 e. The van der Waals surface area contributed by atoms with Gasteiger partial charge >= 0.3 is 0 Å².